The predicted molar refractivity (Wildman–Crippen MR) is 68.7 cm³/mol. The van der Waals surface area contributed by atoms with Crippen LogP contribution in [-0.2, 0) is 6.54 Å². The van der Waals surface area contributed by atoms with Gasteiger partial charge in [0.2, 0.25) is 0 Å². The Kier molecular flexibility index (Phi) is 4.69. The van der Waals surface area contributed by atoms with Gasteiger partial charge in [-0.05, 0) is 37.0 Å². The molecule has 16 heavy (non-hydrogen) atoms. The lowest BCUT2D eigenvalue weighted by Crippen LogP contribution is -2.14. The highest BCUT2D eigenvalue weighted by Gasteiger charge is 2.19. The van der Waals surface area contributed by atoms with Crippen molar-refractivity contribution in [1.29, 1.82) is 0 Å². The smallest absolute Gasteiger partial charge is 0.0439 e. The van der Waals surface area contributed by atoms with Crippen LogP contribution in [-0.4, -0.2) is 23.5 Å². The van der Waals surface area contributed by atoms with Gasteiger partial charge < -0.3 is 10.4 Å². The zero-order chi connectivity index (χ0) is 11.2. The van der Waals surface area contributed by atoms with E-state index in [1.807, 2.05) is 11.8 Å². The Morgan fingerprint density at radius 3 is 2.62 bits per heavy atom. The van der Waals surface area contributed by atoms with Crippen molar-refractivity contribution in [2.45, 2.75) is 36.7 Å². The number of aliphatic hydroxyl groups excluding tert-OH is 1. The molecular formula is C13H19NOS. The Labute approximate surface area is 101 Å². The van der Waals surface area contributed by atoms with Crippen LogP contribution in [0.4, 0.5) is 0 Å². The first-order valence-corrected chi connectivity index (χ1v) is 6.93. The highest BCUT2D eigenvalue weighted by atomic mass is 32.2. The molecule has 0 aliphatic heterocycles. The van der Waals surface area contributed by atoms with Crippen LogP contribution in [0.3, 0.4) is 0 Å². The van der Waals surface area contributed by atoms with Crippen LogP contribution in [0, 0.1) is 0 Å². The summed E-state index contributed by atoms with van der Waals surface area (Å²) in [6.45, 7) is 1.28. The molecule has 3 heteroatoms. The summed E-state index contributed by atoms with van der Waals surface area (Å²) < 4.78 is 0. The first-order valence-electron chi connectivity index (χ1n) is 5.94. The number of rotatable bonds is 7. The van der Waals surface area contributed by atoms with Crippen molar-refractivity contribution in [1.82, 2.24) is 5.32 Å². The number of thioether (sulfide) groups is 1. The van der Waals surface area contributed by atoms with E-state index in [1.54, 1.807) is 0 Å². The molecule has 1 fully saturated rings. The van der Waals surface area contributed by atoms with Gasteiger partial charge in [-0.25, -0.2) is 0 Å². The zero-order valence-electron chi connectivity index (χ0n) is 9.48. The standard InChI is InChI=1S/C13H19NOS/c15-8-1-9-16-13-6-2-11(3-7-13)10-14-12-4-5-12/h2-3,6-7,12,14-15H,1,4-5,8-10H2. The molecule has 0 heterocycles. The number of hydrogen-bond acceptors (Lipinski definition) is 3. The molecular weight excluding hydrogens is 218 g/mol. The van der Waals surface area contributed by atoms with Crippen molar-refractivity contribution >= 4 is 11.8 Å². The Bertz CT molecular complexity index is 308. The predicted octanol–water partition coefficient (Wildman–Crippen LogP) is 2.41. The molecule has 0 radical (unpaired) electrons. The minimum atomic E-state index is 0.288. The van der Waals surface area contributed by atoms with Crippen LogP contribution in [0.15, 0.2) is 29.2 Å². The first kappa shape index (κ1) is 12.0. The van der Waals surface area contributed by atoms with Crippen LogP contribution in [0.25, 0.3) is 0 Å². The van der Waals surface area contributed by atoms with E-state index in [9.17, 15) is 0 Å². The highest BCUT2D eigenvalue weighted by molar-refractivity contribution is 7.99. The average molecular weight is 237 g/mol. The van der Waals surface area contributed by atoms with Crippen molar-refractivity contribution in [2.75, 3.05) is 12.4 Å². The molecule has 0 spiro atoms. The Hall–Kier alpha value is -0.510. The SMILES string of the molecule is OCCCSc1ccc(CNC2CC2)cc1. The van der Waals surface area contributed by atoms with Gasteiger partial charge in [-0.15, -0.1) is 11.8 Å². The van der Waals surface area contributed by atoms with Crippen molar-refractivity contribution in [3.63, 3.8) is 0 Å². The molecule has 0 atom stereocenters. The summed E-state index contributed by atoms with van der Waals surface area (Å²) in [5.74, 6) is 0.996. The molecule has 0 aromatic heterocycles. The molecule has 1 aromatic rings. The van der Waals surface area contributed by atoms with Gasteiger partial charge in [-0.1, -0.05) is 12.1 Å². The lowest BCUT2D eigenvalue weighted by molar-refractivity contribution is 0.296. The van der Waals surface area contributed by atoms with E-state index in [-0.39, 0.29) is 6.61 Å². The van der Waals surface area contributed by atoms with Crippen LogP contribution in [0.2, 0.25) is 0 Å². The van der Waals surface area contributed by atoms with Crippen LogP contribution < -0.4 is 5.32 Å². The van der Waals surface area contributed by atoms with Gasteiger partial charge >= 0.3 is 0 Å². The number of benzene rings is 1. The van der Waals surface area contributed by atoms with Gasteiger partial charge in [0.05, 0.1) is 0 Å². The summed E-state index contributed by atoms with van der Waals surface area (Å²) in [6, 6.07) is 9.50. The molecule has 2 nitrogen and oxygen atoms in total. The Balaban J connectivity index is 1.74. The third-order valence-electron chi connectivity index (χ3n) is 2.67. The van der Waals surface area contributed by atoms with Gasteiger partial charge in [0.25, 0.3) is 0 Å². The van der Waals surface area contributed by atoms with Gasteiger partial charge in [0.15, 0.2) is 0 Å². The third kappa shape index (κ3) is 4.16. The highest BCUT2D eigenvalue weighted by Crippen LogP contribution is 2.21. The minimum Gasteiger partial charge on any atom is -0.396 e. The molecule has 1 aromatic carbocycles. The summed E-state index contributed by atoms with van der Waals surface area (Å²) in [5, 5.41) is 12.2. The maximum absolute atomic E-state index is 8.69. The van der Waals surface area contributed by atoms with Crippen molar-refractivity contribution in [3.8, 4) is 0 Å². The van der Waals surface area contributed by atoms with Gasteiger partial charge in [-0.2, -0.15) is 0 Å². The normalized spacial score (nSPS) is 15.3. The summed E-state index contributed by atoms with van der Waals surface area (Å²) in [5.41, 5.74) is 1.36. The summed E-state index contributed by atoms with van der Waals surface area (Å²) in [6.07, 6.45) is 3.56. The topological polar surface area (TPSA) is 32.3 Å². The number of aliphatic hydroxyl groups is 1. The van der Waals surface area contributed by atoms with Crippen LogP contribution in [0.1, 0.15) is 24.8 Å². The monoisotopic (exact) mass is 237 g/mol. The lowest BCUT2D eigenvalue weighted by Gasteiger charge is -2.04. The maximum atomic E-state index is 8.69. The Morgan fingerprint density at radius 1 is 1.25 bits per heavy atom. The van der Waals surface area contributed by atoms with Gasteiger partial charge in [0, 0.05) is 29.8 Å². The molecule has 0 bridgehead atoms. The van der Waals surface area contributed by atoms with E-state index >= 15 is 0 Å². The molecule has 0 amide bonds. The van der Waals surface area contributed by atoms with Crippen molar-refractivity contribution in [2.24, 2.45) is 0 Å². The summed E-state index contributed by atoms with van der Waals surface area (Å²) >= 11 is 1.81. The fourth-order valence-electron chi connectivity index (χ4n) is 1.51. The number of nitrogens with one attached hydrogen (secondary N) is 1. The van der Waals surface area contributed by atoms with E-state index in [0.29, 0.717) is 0 Å². The van der Waals surface area contributed by atoms with Gasteiger partial charge in [-0.3, -0.25) is 0 Å². The molecule has 1 aliphatic carbocycles. The molecule has 88 valence electrons. The molecule has 2 rings (SSSR count). The fraction of sp³-hybridized carbons (Fsp3) is 0.538. The van der Waals surface area contributed by atoms with E-state index < -0.39 is 0 Å². The minimum absolute atomic E-state index is 0.288. The number of hydrogen-bond donors (Lipinski definition) is 2. The second kappa shape index (κ2) is 6.28. The largest absolute Gasteiger partial charge is 0.396 e. The third-order valence-corrected chi connectivity index (χ3v) is 3.77. The van der Waals surface area contributed by atoms with Crippen molar-refractivity contribution < 1.29 is 5.11 Å². The van der Waals surface area contributed by atoms with E-state index in [1.165, 1.54) is 23.3 Å². The molecule has 0 saturated heterocycles. The molecule has 2 N–H and O–H groups in total. The quantitative estimate of drug-likeness (QED) is 0.564. The average Bonchev–Trinajstić information content (AvgIpc) is 3.12. The molecule has 1 aliphatic rings. The maximum Gasteiger partial charge on any atom is 0.0439 e. The van der Waals surface area contributed by atoms with E-state index in [2.05, 4.69) is 29.6 Å². The molecule has 0 unspecified atom stereocenters. The molecule has 1 saturated carbocycles. The zero-order valence-corrected chi connectivity index (χ0v) is 10.3. The fourth-order valence-corrected chi connectivity index (χ4v) is 2.35. The Morgan fingerprint density at radius 2 is 2.00 bits per heavy atom. The summed E-state index contributed by atoms with van der Waals surface area (Å²) in [7, 11) is 0. The van der Waals surface area contributed by atoms with E-state index in [4.69, 9.17) is 5.11 Å². The van der Waals surface area contributed by atoms with Crippen LogP contribution in [0.5, 0.6) is 0 Å². The van der Waals surface area contributed by atoms with E-state index in [0.717, 1.165) is 24.8 Å². The first-order chi connectivity index (χ1) is 7.88. The lowest BCUT2D eigenvalue weighted by atomic mass is 10.2. The second-order valence-corrected chi connectivity index (χ2v) is 5.39. The van der Waals surface area contributed by atoms with Crippen LogP contribution >= 0.6 is 11.8 Å². The summed E-state index contributed by atoms with van der Waals surface area (Å²) in [4.78, 5) is 1.30. The van der Waals surface area contributed by atoms with Gasteiger partial charge in [0.1, 0.15) is 0 Å². The second-order valence-electron chi connectivity index (χ2n) is 4.22. The van der Waals surface area contributed by atoms with Crippen molar-refractivity contribution in [3.05, 3.63) is 29.8 Å².